The number of aryl methyl sites for hydroxylation is 1. The Morgan fingerprint density at radius 1 is 1.42 bits per heavy atom. The van der Waals surface area contributed by atoms with Gasteiger partial charge in [-0.2, -0.15) is 0 Å². The fourth-order valence-electron chi connectivity index (χ4n) is 2.20. The first-order valence-electron chi connectivity index (χ1n) is 6.27. The van der Waals surface area contributed by atoms with Crippen LogP contribution in [0, 0.1) is 0 Å². The van der Waals surface area contributed by atoms with Crippen LogP contribution in [0.4, 0.5) is 5.82 Å². The molecule has 0 aliphatic heterocycles. The summed E-state index contributed by atoms with van der Waals surface area (Å²) in [4.78, 5) is 4.67. The van der Waals surface area contributed by atoms with E-state index in [9.17, 15) is 0 Å². The predicted molar refractivity (Wildman–Crippen MR) is 84.5 cm³/mol. The minimum absolute atomic E-state index is 0.286. The third-order valence-corrected chi connectivity index (χ3v) is 3.96. The van der Waals surface area contributed by atoms with Crippen LogP contribution in [-0.2, 0) is 6.42 Å². The van der Waals surface area contributed by atoms with E-state index >= 15 is 0 Å². The topological polar surface area (TPSA) is 43.8 Å². The van der Waals surface area contributed by atoms with E-state index in [0.717, 1.165) is 28.0 Å². The lowest BCUT2D eigenvalue weighted by molar-refractivity contribution is 0.579. The number of aromatic nitrogens is 2. The summed E-state index contributed by atoms with van der Waals surface area (Å²) in [6.07, 6.45) is 0.848. The highest BCUT2D eigenvalue weighted by molar-refractivity contribution is 9.10. The second-order valence-corrected chi connectivity index (χ2v) is 5.99. The molecule has 1 aromatic carbocycles. The molecule has 0 amide bonds. The van der Waals surface area contributed by atoms with E-state index in [2.05, 4.69) is 46.3 Å². The molecule has 0 bridgehead atoms. The molecule has 1 heterocycles. The molecular formula is C14H17BrClN3. The molecule has 1 aromatic heterocycles. The molecule has 2 rings (SSSR count). The number of nitrogens with zero attached hydrogens (tertiary/aromatic N) is 2. The second kappa shape index (κ2) is 5.55. The van der Waals surface area contributed by atoms with Gasteiger partial charge in [-0.05, 0) is 32.0 Å². The summed E-state index contributed by atoms with van der Waals surface area (Å²) in [6, 6.07) is 5.92. The summed E-state index contributed by atoms with van der Waals surface area (Å²) >= 11 is 9.60. The predicted octanol–water partition coefficient (Wildman–Crippen LogP) is 4.69. The van der Waals surface area contributed by atoms with Gasteiger partial charge in [0, 0.05) is 27.5 Å². The maximum absolute atomic E-state index is 6.27. The first kappa shape index (κ1) is 14.4. The Morgan fingerprint density at radius 2 is 2.11 bits per heavy atom. The number of imidazole rings is 1. The summed E-state index contributed by atoms with van der Waals surface area (Å²) in [6.45, 7) is 6.29. The second-order valence-electron chi connectivity index (χ2n) is 4.70. The van der Waals surface area contributed by atoms with Crippen LogP contribution in [0.5, 0.6) is 0 Å². The minimum atomic E-state index is 0.286. The molecule has 3 nitrogen and oxygen atoms in total. The molecule has 0 spiro atoms. The van der Waals surface area contributed by atoms with Crippen LogP contribution in [0.1, 0.15) is 32.6 Å². The molecule has 2 aromatic rings. The van der Waals surface area contributed by atoms with Gasteiger partial charge >= 0.3 is 0 Å². The van der Waals surface area contributed by atoms with Gasteiger partial charge in [-0.3, -0.25) is 0 Å². The lowest BCUT2D eigenvalue weighted by Crippen LogP contribution is -2.08. The molecule has 102 valence electrons. The van der Waals surface area contributed by atoms with Crippen molar-refractivity contribution in [2.75, 3.05) is 5.73 Å². The van der Waals surface area contributed by atoms with Gasteiger partial charge < -0.3 is 10.3 Å². The van der Waals surface area contributed by atoms with Gasteiger partial charge in [0.05, 0.1) is 0 Å². The standard InChI is InChI=1S/C14H17BrClN3/c1-4-12-18-13(14(17)19(12)8(2)3)10-7-9(16)5-6-11(10)15/h5-8H,4,17H2,1-3H3. The summed E-state index contributed by atoms with van der Waals surface area (Å²) in [7, 11) is 0. The molecule has 5 heteroatoms. The first-order valence-corrected chi connectivity index (χ1v) is 7.44. The summed E-state index contributed by atoms with van der Waals surface area (Å²) < 4.78 is 3.02. The van der Waals surface area contributed by atoms with E-state index in [1.807, 2.05) is 18.2 Å². The van der Waals surface area contributed by atoms with Gasteiger partial charge in [-0.25, -0.2) is 4.98 Å². The van der Waals surface area contributed by atoms with Crippen LogP contribution in [0.15, 0.2) is 22.7 Å². The lowest BCUT2D eigenvalue weighted by atomic mass is 10.1. The van der Waals surface area contributed by atoms with Gasteiger partial charge in [0.15, 0.2) is 0 Å². The van der Waals surface area contributed by atoms with Crippen molar-refractivity contribution in [3.05, 3.63) is 33.5 Å². The van der Waals surface area contributed by atoms with Crippen molar-refractivity contribution in [2.45, 2.75) is 33.2 Å². The molecule has 0 aliphatic carbocycles. The Hall–Kier alpha value is -1.00. The molecule has 0 saturated heterocycles. The Kier molecular flexibility index (Phi) is 4.21. The average Bonchev–Trinajstić information content (AvgIpc) is 2.69. The first-order chi connectivity index (χ1) is 8.95. The van der Waals surface area contributed by atoms with Gasteiger partial charge in [0.25, 0.3) is 0 Å². The van der Waals surface area contributed by atoms with Crippen molar-refractivity contribution in [3.63, 3.8) is 0 Å². The van der Waals surface area contributed by atoms with Gasteiger partial charge in [0.1, 0.15) is 17.3 Å². The number of hydrogen-bond acceptors (Lipinski definition) is 2. The summed E-state index contributed by atoms with van der Waals surface area (Å²) in [5, 5.41) is 0.676. The Labute approximate surface area is 126 Å². The number of halogens is 2. The third kappa shape index (κ3) is 2.65. The molecule has 0 unspecified atom stereocenters. The van der Waals surface area contributed by atoms with Crippen molar-refractivity contribution in [1.82, 2.24) is 9.55 Å². The van der Waals surface area contributed by atoms with E-state index in [1.165, 1.54) is 0 Å². The lowest BCUT2D eigenvalue weighted by Gasteiger charge is -2.12. The van der Waals surface area contributed by atoms with Crippen molar-refractivity contribution in [2.24, 2.45) is 0 Å². The normalized spacial score (nSPS) is 11.3. The Balaban J connectivity index is 2.66. The van der Waals surface area contributed by atoms with E-state index in [1.54, 1.807) is 0 Å². The Bertz CT molecular complexity index is 605. The van der Waals surface area contributed by atoms with E-state index < -0.39 is 0 Å². The van der Waals surface area contributed by atoms with Crippen molar-refractivity contribution in [3.8, 4) is 11.3 Å². The van der Waals surface area contributed by atoms with Crippen molar-refractivity contribution >= 4 is 33.3 Å². The molecule has 2 N–H and O–H groups in total. The van der Waals surface area contributed by atoms with Crippen LogP contribution in [0.25, 0.3) is 11.3 Å². The van der Waals surface area contributed by atoms with Crippen LogP contribution in [0.2, 0.25) is 5.02 Å². The number of rotatable bonds is 3. The summed E-state index contributed by atoms with van der Waals surface area (Å²) in [5.74, 6) is 1.68. The van der Waals surface area contributed by atoms with Crippen LogP contribution in [0.3, 0.4) is 0 Å². The monoisotopic (exact) mass is 341 g/mol. The quantitative estimate of drug-likeness (QED) is 0.879. The zero-order chi connectivity index (χ0) is 14.2. The average molecular weight is 343 g/mol. The van der Waals surface area contributed by atoms with Crippen molar-refractivity contribution < 1.29 is 0 Å². The number of nitrogens with two attached hydrogens (primary N) is 1. The number of nitrogen functional groups attached to an aromatic ring is 1. The van der Waals surface area contributed by atoms with E-state index in [4.69, 9.17) is 17.3 Å². The SMILES string of the molecule is CCc1nc(-c2cc(Cl)ccc2Br)c(N)n1C(C)C. The molecule has 0 fully saturated rings. The molecule has 0 radical (unpaired) electrons. The zero-order valence-corrected chi connectivity index (χ0v) is 13.6. The molecular weight excluding hydrogens is 326 g/mol. The minimum Gasteiger partial charge on any atom is -0.383 e. The fraction of sp³-hybridized carbons (Fsp3) is 0.357. The highest BCUT2D eigenvalue weighted by Gasteiger charge is 2.18. The fourth-order valence-corrected chi connectivity index (χ4v) is 2.80. The third-order valence-electron chi connectivity index (χ3n) is 3.04. The maximum atomic E-state index is 6.27. The van der Waals surface area contributed by atoms with Crippen LogP contribution >= 0.6 is 27.5 Å². The molecule has 19 heavy (non-hydrogen) atoms. The Morgan fingerprint density at radius 3 is 2.63 bits per heavy atom. The maximum Gasteiger partial charge on any atom is 0.132 e. The summed E-state index contributed by atoms with van der Waals surface area (Å²) in [5.41, 5.74) is 7.99. The van der Waals surface area contributed by atoms with E-state index in [0.29, 0.717) is 10.8 Å². The van der Waals surface area contributed by atoms with Gasteiger partial charge in [0.2, 0.25) is 0 Å². The highest BCUT2D eigenvalue weighted by atomic mass is 79.9. The van der Waals surface area contributed by atoms with Crippen LogP contribution in [-0.4, -0.2) is 9.55 Å². The van der Waals surface area contributed by atoms with Gasteiger partial charge in [-0.1, -0.05) is 34.5 Å². The molecule has 0 aliphatic rings. The number of benzene rings is 1. The molecule has 0 saturated carbocycles. The van der Waals surface area contributed by atoms with Gasteiger partial charge in [-0.15, -0.1) is 0 Å². The smallest absolute Gasteiger partial charge is 0.132 e. The number of anilines is 1. The van der Waals surface area contributed by atoms with E-state index in [-0.39, 0.29) is 6.04 Å². The van der Waals surface area contributed by atoms with Crippen LogP contribution < -0.4 is 5.73 Å². The largest absolute Gasteiger partial charge is 0.383 e. The number of hydrogen-bond donors (Lipinski definition) is 1. The van der Waals surface area contributed by atoms with Crippen molar-refractivity contribution in [1.29, 1.82) is 0 Å². The highest BCUT2D eigenvalue weighted by Crippen LogP contribution is 2.35. The zero-order valence-electron chi connectivity index (χ0n) is 11.2. The molecule has 0 atom stereocenters.